The number of hydrogen-bond acceptors (Lipinski definition) is 4. The highest BCUT2D eigenvalue weighted by Crippen LogP contribution is 2.20. The summed E-state index contributed by atoms with van der Waals surface area (Å²) < 4.78 is 2.00. The van der Waals surface area contributed by atoms with Crippen LogP contribution < -0.4 is 0 Å². The molecule has 106 valence electrons. The van der Waals surface area contributed by atoms with Crippen molar-refractivity contribution in [3.05, 3.63) is 35.6 Å². The van der Waals surface area contributed by atoms with Crippen molar-refractivity contribution in [3.63, 3.8) is 0 Å². The van der Waals surface area contributed by atoms with Gasteiger partial charge in [-0.15, -0.1) is 10.2 Å². The fraction of sp³-hybridized carbons (Fsp3) is 0.429. The average molecular weight is 309 g/mol. The first kappa shape index (κ1) is 13.9. The summed E-state index contributed by atoms with van der Waals surface area (Å²) in [6, 6.07) is 10.1. The largest absolute Gasteiger partial charge is 0.300 e. The first-order valence-corrected chi connectivity index (χ1v) is 8.32. The van der Waals surface area contributed by atoms with Gasteiger partial charge in [0.25, 0.3) is 0 Å². The van der Waals surface area contributed by atoms with Crippen LogP contribution in [0.4, 0.5) is 0 Å². The third kappa shape index (κ3) is 3.16. The van der Waals surface area contributed by atoms with Crippen molar-refractivity contribution in [1.29, 1.82) is 0 Å². The van der Waals surface area contributed by atoms with Crippen molar-refractivity contribution >= 4 is 23.4 Å². The summed E-state index contributed by atoms with van der Waals surface area (Å²) in [5, 5.41) is 8.69. The summed E-state index contributed by atoms with van der Waals surface area (Å²) in [6.45, 7) is 4.15. The Morgan fingerprint density at radius 3 is 2.55 bits per heavy atom. The highest BCUT2D eigenvalue weighted by Gasteiger charge is 2.15. The van der Waals surface area contributed by atoms with Crippen LogP contribution in [-0.4, -0.2) is 50.8 Å². The van der Waals surface area contributed by atoms with Gasteiger partial charge in [-0.1, -0.05) is 30.3 Å². The fourth-order valence-electron chi connectivity index (χ4n) is 2.35. The normalized spacial score (nSPS) is 16.4. The summed E-state index contributed by atoms with van der Waals surface area (Å²) >= 11 is 8.21. The Hall–Kier alpha value is -1.04. The van der Waals surface area contributed by atoms with Gasteiger partial charge in [-0.3, -0.25) is 9.47 Å². The number of nitrogens with zero attached hydrogens (tertiary/aromatic N) is 4. The van der Waals surface area contributed by atoms with Gasteiger partial charge in [0.1, 0.15) is 0 Å². The molecule has 2 aromatic rings. The predicted octanol–water partition coefficient (Wildman–Crippen LogP) is 2.65. The van der Waals surface area contributed by atoms with Crippen molar-refractivity contribution in [2.45, 2.75) is 6.54 Å². The molecule has 1 aliphatic heterocycles. The lowest BCUT2D eigenvalue weighted by Crippen LogP contribution is -2.35. The molecule has 0 bridgehead atoms. The van der Waals surface area contributed by atoms with Gasteiger partial charge in [-0.25, -0.2) is 0 Å². The molecule has 1 aromatic carbocycles. The van der Waals surface area contributed by atoms with Crippen LogP contribution in [0, 0.1) is 0 Å². The van der Waals surface area contributed by atoms with Crippen LogP contribution in [0.25, 0.3) is 11.4 Å². The Morgan fingerprint density at radius 2 is 1.80 bits per heavy atom. The molecule has 0 saturated carbocycles. The number of halogens is 1. The molecule has 4 nitrogen and oxygen atoms in total. The second-order valence-electron chi connectivity index (χ2n) is 4.76. The molecule has 0 N–H and O–H groups in total. The van der Waals surface area contributed by atoms with E-state index in [1.807, 2.05) is 46.7 Å². The minimum Gasteiger partial charge on any atom is -0.300 e. The van der Waals surface area contributed by atoms with Gasteiger partial charge in [0.15, 0.2) is 5.82 Å². The zero-order valence-corrected chi connectivity index (χ0v) is 12.8. The first-order chi connectivity index (χ1) is 9.84. The van der Waals surface area contributed by atoms with Crippen LogP contribution in [0.3, 0.4) is 0 Å². The van der Waals surface area contributed by atoms with Gasteiger partial charge in [-0.2, -0.15) is 11.8 Å². The number of benzene rings is 1. The third-order valence-corrected chi connectivity index (χ3v) is 4.70. The van der Waals surface area contributed by atoms with Gasteiger partial charge < -0.3 is 0 Å². The Bertz CT molecular complexity index is 552. The van der Waals surface area contributed by atoms with Gasteiger partial charge in [0.2, 0.25) is 5.28 Å². The second kappa shape index (κ2) is 6.61. The molecule has 1 fully saturated rings. The fourth-order valence-corrected chi connectivity index (χ4v) is 3.53. The van der Waals surface area contributed by atoms with E-state index in [9.17, 15) is 0 Å². The van der Waals surface area contributed by atoms with Crippen LogP contribution in [0.1, 0.15) is 0 Å². The lowest BCUT2D eigenvalue weighted by molar-refractivity contribution is 0.290. The lowest BCUT2D eigenvalue weighted by atomic mass is 10.2. The van der Waals surface area contributed by atoms with Crippen LogP contribution in [0.15, 0.2) is 30.3 Å². The minimum atomic E-state index is 0.468. The molecule has 3 rings (SSSR count). The summed E-state index contributed by atoms with van der Waals surface area (Å²) in [5.74, 6) is 3.30. The molecule has 0 atom stereocenters. The number of aromatic nitrogens is 3. The molecule has 0 radical (unpaired) electrons. The number of hydrogen-bond donors (Lipinski definition) is 0. The quantitative estimate of drug-likeness (QED) is 0.869. The maximum Gasteiger partial charge on any atom is 0.225 e. The molecule has 20 heavy (non-hydrogen) atoms. The zero-order valence-electron chi connectivity index (χ0n) is 11.2. The van der Waals surface area contributed by atoms with Crippen LogP contribution >= 0.6 is 23.4 Å². The topological polar surface area (TPSA) is 34.0 Å². The van der Waals surface area contributed by atoms with E-state index in [0.29, 0.717) is 5.28 Å². The van der Waals surface area contributed by atoms with Crippen LogP contribution in [-0.2, 0) is 6.54 Å². The standard InChI is InChI=1S/C14H17ClN4S/c15-14-17-16-13(12-4-2-1-3-5-12)19(14)7-6-18-8-10-20-11-9-18/h1-5H,6-11H2. The summed E-state index contributed by atoms with van der Waals surface area (Å²) in [6.07, 6.45) is 0. The Kier molecular flexibility index (Phi) is 4.60. The van der Waals surface area contributed by atoms with Crippen LogP contribution in [0.5, 0.6) is 0 Å². The number of thioether (sulfide) groups is 1. The molecular weight excluding hydrogens is 292 g/mol. The highest BCUT2D eigenvalue weighted by molar-refractivity contribution is 7.99. The molecule has 6 heteroatoms. The monoisotopic (exact) mass is 308 g/mol. The zero-order chi connectivity index (χ0) is 13.8. The SMILES string of the molecule is Clc1nnc(-c2ccccc2)n1CCN1CCSCC1. The molecule has 0 aliphatic carbocycles. The molecule has 2 heterocycles. The van der Waals surface area contributed by atoms with Crippen molar-refractivity contribution in [2.75, 3.05) is 31.1 Å². The summed E-state index contributed by atoms with van der Waals surface area (Å²) in [5.41, 5.74) is 1.06. The summed E-state index contributed by atoms with van der Waals surface area (Å²) in [7, 11) is 0. The molecule has 0 unspecified atom stereocenters. The van der Waals surface area contributed by atoms with Crippen molar-refractivity contribution in [2.24, 2.45) is 0 Å². The van der Waals surface area contributed by atoms with E-state index >= 15 is 0 Å². The molecule has 0 spiro atoms. The van der Waals surface area contributed by atoms with Gasteiger partial charge in [0.05, 0.1) is 0 Å². The van der Waals surface area contributed by atoms with Gasteiger partial charge in [0, 0.05) is 43.2 Å². The van der Waals surface area contributed by atoms with Crippen LogP contribution in [0.2, 0.25) is 5.28 Å². The van der Waals surface area contributed by atoms with E-state index in [1.165, 1.54) is 11.5 Å². The second-order valence-corrected chi connectivity index (χ2v) is 6.33. The maximum atomic E-state index is 6.18. The Labute approximate surface area is 128 Å². The van der Waals surface area contributed by atoms with Gasteiger partial charge in [-0.05, 0) is 11.6 Å². The third-order valence-electron chi connectivity index (χ3n) is 3.48. The van der Waals surface area contributed by atoms with E-state index in [1.54, 1.807) is 0 Å². The number of rotatable bonds is 4. The average Bonchev–Trinajstić information content (AvgIpc) is 2.88. The van der Waals surface area contributed by atoms with E-state index in [0.717, 1.165) is 37.6 Å². The predicted molar refractivity (Wildman–Crippen MR) is 84.2 cm³/mol. The maximum absolute atomic E-state index is 6.18. The molecule has 1 aliphatic rings. The summed E-state index contributed by atoms with van der Waals surface area (Å²) in [4.78, 5) is 2.47. The molecule has 1 aromatic heterocycles. The Morgan fingerprint density at radius 1 is 1.05 bits per heavy atom. The van der Waals surface area contributed by atoms with Crippen molar-refractivity contribution in [3.8, 4) is 11.4 Å². The van der Waals surface area contributed by atoms with Crippen molar-refractivity contribution < 1.29 is 0 Å². The molecular formula is C14H17ClN4S. The molecule has 0 amide bonds. The van der Waals surface area contributed by atoms with E-state index in [2.05, 4.69) is 15.1 Å². The van der Waals surface area contributed by atoms with Gasteiger partial charge >= 0.3 is 0 Å². The molecule has 1 saturated heterocycles. The Balaban J connectivity index is 1.74. The first-order valence-electron chi connectivity index (χ1n) is 6.79. The van der Waals surface area contributed by atoms with E-state index in [4.69, 9.17) is 11.6 Å². The minimum absolute atomic E-state index is 0.468. The lowest BCUT2D eigenvalue weighted by Gasteiger charge is -2.26. The van der Waals surface area contributed by atoms with Crippen molar-refractivity contribution in [1.82, 2.24) is 19.7 Å². The smallest absolute Gasteiger partial charge is 0.225 e. The van der Waals surface area contributed by atoms with E-state index in [-0.39, 0.29) is 0 Å². The highest BCUT2D eigenvalue weighted by atomic mass is 35.5. The van der Waals surface area contributed by atoms with E-state index < -0.39 is 0 Å².